The smallest absolute Gasteiger partial charge is 0.176 e. The molecule has 0 aromatic rings. The van der Waals surface area contributed by atoms with Crippen LogP contribution in [0.15, 0.2) is 0 Å². The highest BCUT2D eigenvalue weighted by molar-refractivity contribution is 4.95. The summed E-state index contributed by atoms with van der Waals surface area (Å²) in [6.45, 7) is -1.17. The third-order valence-electron chi connectivity index (χ3n) is 4.14. The van der Waals surface area contributed by atoms with Gasteiger partial charge in [0.05, 0.1) is 25.3 Å². The van der Waals surface area contributed by atoms with E-state index in [9.17, 15) is 25.5 Å². The zero-order chi connectivity index (χ0) is 17.3. The van der Waals surface area contributed by atoms with Crippen molar-refractivity contribution in [3.63, 3.8) is 0 Å². The summed E-state index contributed by atoms with van der Waals surface area (Å²) >= 11 is 0. The van der Waals surface area contributed by atoms with E-state index in [4.69, 9.17) is 30.8 Å². The lowest BCUT2D eigenvalue weighted by Gasteiger charge is -2.45. The molecule has 2 saturated heterocycles. The van der Waals surface area contributed by atoms with Crippen LogP contribution in [0.5, 0.6) is 0 Å². The lowest BCUT2D eigenvalue weighted by Crippen LogP contribution is -2.67. The van der Waals surface area contributed by atoms with E-state index in [0.717, 1.165) is 0 Å². The summed E-state index contributed by atoms with van der Waals surface area (Å²) in [4.78, 5) is 0. The molecule has 2 fully saturated rings. The van der Waals surface area contributed by atoms with E-state index in [2.05, 4.69) is 0 Å². The summed E-state index contributed by atoms with van der Waals surface area (Å²) < 4.78 is 15.8. The molecule has 0 bridgehead atoms. The van der Waals surface area contributed by atoms with E-state index in [1.165, 1.54) is 0 Å². The first kappa shape index (κ1) is 18.9. The molecule has 10 atom stereocenters. The molecule has 2 rings (SSSR count). The third kappa shape index (κ3) is 3.65. The first-order valence-electron chi connectivity index (χ1n) is 7.23. The number of rotatable bonds is 4. The van der Waals surface area contributed by atoms with Crippen LogP contribution < -0.4 is 11.5 Å². The van der Waals surface area contributed by atoms with Gasteiger partial charge in [0.1, 0.15) is 36.6 Å². The molecule has 0 saturated carbocycles. The normalized spacial score (nSPS) is 51.7. The summed E-state index contributed by atoms with van der Waals surface area (Å²) in [5, 5.41) is 57.7. The van der Waals surface area contributed by atoms with Crippen LogP contribution in [0.1, 0.15) is 0 Å². The molecule has 0 spiro atoms. The van der Waals surface area contributed by atoms with Gasteiger partial charge in [-0.1, -0.05) is 0 Å². The molecule has 11 heteroatoms. The van der Waals surface area contributed by atoms with Gasteiger partial charge < -0.3 is 56.3 Å². The molecule has 11 nitrogen and oxygen atoms in total. The van der Waals surface area contributed by atoms with E-state index in [-0.39, 0.29) is 0 Å². The summed E-state index contributed by atoms with van der Waals surface area (Å²) in [7, 11) is 0. The molecular formula is C12H24N2O9. The fourth-order valence-electron chi connectivity index (χ4n) is 2.65. The zero-order valence-corrected chi connectivity index (χ0v) is 12.3. The van der Waals surface area contributed by atoms with Crippen molar-refractivity contribution < 1.29 is 44.8 Å². The molecule has 0 radical (unpaired) electrons. The van der Waals surface area contributed by atoms with E-state index in [0.29, 0.717) is 0 Å². The van der Waals surface area contributed by atoms with Gasteiger partial charge in [-0.2, -0.15) is 0 Å². The fourth-order valence-corrected chi connectivity index (χ4v) is 2.65. The number of hydrogen-bond donors (Lipinski definition) is 8. The maximum Gasteiger partial charge on any atom is 0.176 e. The number of aliphatic hydroxyl groups excluding tert-OH is 6. The number of aliphatic hydroxyl groups is 6. The van der Waals surface area contributed by atoms with Gasteiger partial charge >= 0.3 is 0 Å². The molecule has 2 aliphatic rings. The van der Waals surface area contributed by atoms with Crippen molar-refractivity contribution in [3.05, 3.63) is 0 Å². The lowest BCUT2D eigenvalue weighted by molar-refractivity contribution is -0.324. The molecule has 0 amide bonds. The molecular weight excluding hydrogens is 316 g/mol. The molecule has 10 N–H and O–H groups in total. The monoisotopic (exact) mass is 340 g/mol. The average Bonchev–Trinajstić information content (AvgIpc) is 2.55. The maximum absolute atomic E-state index is 10.1. The van der Waals surface area contributed by atoms with E-state index < -0.39 is 74.5 Å². The standard InChI is InChI=1S/C12H24N2O9/c13-5-9(19)10(4(2-16)21-11(5)20)23-12-6(14)8(18)7(17)3(1-15)22-12/h3-12,15-20H,1-2,13-14H2/t3?,4?,5?,6?,7-,8-,9-,10-,11?,12+/m1/s1. The maximum atomic E-state index is 10.1. The number of ether oxygens (including phenoxy) is 3. The number of hydrogen-bond acceptors (Lipinski definition) is 11. The minimum atomic E-state index is -1.49. The van der Waals surface area contributed by atoms with Gasteiger partial charge in [0.15, 0.2) is 12.6 Å². The molecule has 2 aliphatic heterocycles. The van der Waals surface area contributed by atoms with Crippen LogP contribution in [0, 0.1) is 0 Å². The Labute approximate surface area is 132 Å². The van der Waals surface area contributed by atoms with Crippen molar-refractivity contribution in [2.75, 3.05) is 13.2 Å². The SMILES string of the molecule is NC1[C@H](O[C@@H]2C(CO)OC(O)C(N)[C@H]2O)OC(CO)[C@@H](O)[C@@H]1O. The van der Waals surface area contributed by atoms with Crippen molar-refractivity contribution in [2.45, 2.75) is 61.3 Å². The summed E-state index contributed by atoms with van der Waals surface area (Å²) in [6, 6.07) is -2.37. The van der Waals surface area contributed by atoms with Crippen LogP contribution in [-0.4, -0.2) is 105 Å². The zero-order valence-electron chi connectivity index (χ0n) is 12.3. The molecule has 0 aliphatic carbocycles. The Morgan fingerprint density at radius 1 is 0.783 bits per heavy atom. The van der Waals surface area contributed by atoms with Crippen LogP contribution in [0.2, 0.25) is 0 Å². The van der Waals surface area contributed by atoms with Gasteiger partial charge in [0.25, 0.3) is 0 Å². The van der Waals surface area contributed by atoms with Crippen LogP contribution in [-0.2, 0) is 14.2 Å². The van der Waals surface area contributed by atoms with Gasteiger partial charge in [-0.05, 0) is 0 Å². The third-order valence-corrected chi connectivity index (χ3v) is 4.14. The quantitative estimate of drug-likeness (QED) is 0.242. The summed E-state index contributed by atoms with van der Waals surface area (Å²) in [5.74, 6) is 0. The first-order chi connectivity index (χ1) is 10.8. The predicted octanol–water partition coefficient (Wildman–Crippen LogP) is -5.46. The van der Waals surface area contributed by atoms with Gasteiger partial charge in [-0.3, -0.25) is 0 Å². The second-order valence-corrected chi connectivity index (χ2v) is 5.70. The number of nitrogens with two attached hydrogens (primary N) is 2. The minimum absolute atomic E-state index is 0.581. The van der Waals surface area contributed by atoms with Gasteiger partial charge in [0, 0.05) is 0 Å². The topological polar surface area (TPSA) is 201 Å². The summed E-state index contributed by atoms with van der Waals surface area (Å²) in [6.07, 6.45) is -10.5. The van der Waals surface area contributed by atoms with E-state index >= 15 is 0 Å². The molecule has 0 aromatic heterocycles. The lowest BCUT2D eigenvalue weighted by atomic mass is 9.95. The summed E-state index contributed by atoms with van der Waals surface area (Å²) in [5.41, 5.74) is 11.3. The van der Waals surface area contributed by atoms with Crippen LogP contribution >= 0.6 is 0 Å². The van der Waals surface area contributed by atoms with Crippen molar-refractivity contribution in [1.29, 1.82) is 0 Å². The van der Waals surface area contributed by atoms with Gasteiger partial charge in [0.2, 0.25) is 0 Å². The van der Waals surface area contributed by atoms with E-state index in [1.807, 2.05) is 0 Å². The molecule has 0 aromatic carbocycles. The van der Waals surface area contributed by atoms with Crippen LogP contribution in [0.3, 0.4) is 0 Å². The van der Waals surface area contributed by atoms with Crippen molar-refractivity contribution in [2.24, 2.45) is 11.5 Å². The molecule has 2 heterocycles. The van der Waals surface area contributed by atoms with Crippen LogP contribution in [0.25, 0.3) is 0 Å². The Balaban J connectivity index is 2.11. The fraction of sp³-hybridized carbons (Fsp3) is 1.00. The minimum Gasteiger partial charge on any atom is -0.394 e. The second kappa shape index (κ2) is 7.63. The van der Waals surface area contributed by atoms with E-state index in [1.54, 1.807) is 0 Å². The predicted molar refractivity (Wildman–Crippen MR) is 72.6 cm³/mol. The van der Waals surface area contributed by atoms with Crippen molar-refractivity contribution in [3.8, 4) is 0 Å². The molecule has 5 unspecified atom stereocenters. The molecule has 23 heavy (non-hydrogen) atoms. The Kier molecular flexibility index (Phi) is 6.27. The highest BCUT2D eigenvalue weighted by atomic mass is 16.7. The Morgan fingerprint density at radius 2 is 1.39 bits per heavy atom. The first-order valence-corrected chi connectivity index (χ1v) is 7.23. The highest BCUT2D eigenvalue weighted by Crippen LogP contribution is 2.27. The van der Waals surface area contributed by atoms with Crippen LogP contribution in [0.4, 0.5) is 0 Å². The Morgan fingerprint density at radius 3 is 1.96 bits per heavy atom. The van der Waals surface area contributed by atoms with Crippen molar-refractivity contribution >= 4 is 0 Å². The molecule has 136 valence electrons. The van der Waals surface area contributed by atoms with Gasteiger partial charge in [-0.15, -0.1) is 0 Å². The largest absolute Gasteiger partial charge is 0.394 e. The Bertz CT molecular complexity index is 386. The highest BCUT2D eigenvalue weighted by Gasteiger charge is 2.49. The van der Waals surface area contributed by atoms with Crippen molar-refractivity contribution in [1.82, 2.24) is 0 Å². The van der Waals surface area contributed by atoms with Gasteiger partial charge in [-0.25, -0.2) is 0 Å². The average molecular weight is 340 g/mol. The second-order valence-electron chi connectivity index (χ2n) is 5.70. The Hall–Kier alpha value is -0.440.